The molecule has 4 bridgehead atoms. The molecule has 206 valence electrons. The van der Waals surface area contributed by atoms with Gasteiger partial charge in [0.25, 0.3) is 0 Å². The number of benzene rings is 3. The van der Waals surface area contributed by atoms with E-state index in [-0.39, 0.29) is 31.1 Å². The number of aliphatic hydroxyl groups is 1. The minimum atomic E-state index is -0.293. The first-order valence-corrected chi connectivity index (χ1v) is 14.0. The average Bonchev–Trinajstić information content (AvgIpc) is 2.93. The van der Waals surface area contributed by atoms with E-state index in [9.17, 15) is 9.90 Å². The van der Waals surface area contributed by atoms with Crippen molar-refractivity contribution < 1.29 is 19.4 Å². The van der Waals surface area contributed by atoms with Gasteiger partial charge in [-0.25, -0.2) is 0 Å². The van der Waals surface area contributed by atoms with E-state index in [0.29, 0.717) is 19.7 Å². The Morgan fingerprint density at radius 3 is 2.56 bits per heavy atom. The van der Waals surface area contributed by atoms with Crippen LogP contribution in [0.4, 0.5) is 0 Å². The highest BCUT2D eigenvalue weighted by Crippen LogP contribution is 2.38. The van der Waals surface area contributed by atoms with Crippen LogP contribution in [0.3, 0.4) is 0 Å². The lowest BCUT2D eigenvalue weighted by Crippen LogP contribution is -2.34. The maximum absolute atomic E-state index is 12.9. The monoisotopic (exact) mass is 528 g/mol. The number of aliphatic hydroxyl groups excluding tert-OH is 1. The molecule has 1 unspecified atom stereocenters. The average molecular weight is 529 g/mol. The quantitative estimate of drug-likeness (QED) is 0.441. The molecule has 3 aromatic carbocycles. The van der Waals surface area contributed by atoms with E-state index in [1.165, 1.54) is 11.1 Å². The molecule has 2 aliphatic rings. The van der Waals surface area contributed by atoms with Crippen molar-refractivity contribution in [2.75, 3.05) is 33.5 Å². The number of ether oxygens (including phenoxy) is 2. The van der Waals surface area contributed by atoms with E-state index in [1.54, 1.807) is 0 Å². The molecule has 39 heavy (non-hydrogen) atoms. The molecule has 3 aromatic rings. The van der Waals surface area contributed by atoms with Gasteiger partial charge >= 0.3 is 5.97 Å². The van der Waals surface area contributed by atoms with Gasteiger partial charge in [0.05, 0.1) is 19.8 Å². The number of carbonyl (C=O) groups is 1. The molecule has 0 aromatic heterocycles. The molecule has 0 spiro atoms. The lowest BCUT2D eigenvalue weighted by molar-refractivity contribution is -0.143. The molecule has 2 aliphatic heterocycles. The Labute approximate surface area is 232 Å². The summed E-state index contributed by atoms with van der Waals surface area (Å²) in [5, 5.41) is 10.5. The molecule has 0 fully saturated rings. The Kier molecular flexibility index (Phi) is 8.36. The molecule has 1 N–H and O–H groups in total. The van der Waals surface area contributed by atoms with Crippen molar-refractivity contribution in [2.24, 2.45) is 0 Å². The molecule has 0 saturated carbocycles. The van der Waals surface area contributed by atoms with E-state index in [0.717, 1.165) is 58.6 Å². The van der Waals surface area contributed by atoms with Crippen molar-refractivity contribution in [2.45, 2.75) is 58.7 Å². The van der Waals surface area contributed by atoms with Gasteiger partial charge in [0.1, 0.15) is 11.9 Å². The van der Waals surface area contributed by atoms with Crippen LogP contribution < -0.4 is 4.74 Å². The van der Waals surface area contributed by atoms with E-state index in [2.05, 4.69) is 62.2 Å². The Balaban J connectivity index is 1.71. The highest BCUT2D eigenvalue weighted by Gasteiger charge is 2.30. The second-order valence-electron chi connectivity index (χ2n) is 11.0. The first-order chi connectivity index (χ1) is 18.9. The van der Waals surface area contributed by atoms with Gasteiger partial charge in [-0.15, -0.1) is 0 Å². The van der Waals surface area contributed by atoms with Crippen LogP contribution in [-0.2, 0) is 29.0 Å². The van der Waals surface area contributed by atoms with Crippen molar-refractivity contribution >= 4 is 5.97 Å². The number of fused-ring (bicyclic) bond motifs is 6. The fourth-order valence-electron chi connectivity index (χ4n) is 5.93. The fraction of sp³-hybridized carbons (Fsp3) is 0.424. The molecular formula is C33H40N2O4. The zero-order valence-electron chi connectivity index (χ0n) is 23.6. The van der Waals surface area contributed by atoms with Crippen LogP contribution in [0.2, 0.25) is 0 Å². The standard InChI is InChI=1S/C33H40N2O4/c1-5-38-33(37)17-28-24-11-10-22(2)27(15-24)18-35(21-36)20-32(39-31-9-7-6-8-23(31)3)29-16-26(28)14-25-12-13-34(4)19-30(25)29/h6-11,14-16,28,32,36H,5,12-13,17-21H2,1-4H3/t28?,32-/m0/s1. The SMILES string of the molecule is CCOC(=O)CC1c2ccc(C)c(c2)CN(CO)C[C@H](Oc2ccccc2C)c2cc1cc1c2CN(C)CC1. The Morgan fingerprint density at radius 1 is 1.00 bits per heavy atom. The van der Waals surface area contributed by atoms with E-state index in [1.807, 2.05) is 30.0 Å². The van der Waals surface area contributed by atoms with Crippen LogP contribution in [0.15, 0.2) is 54.6 Å². The highest BCUT2D eigenvalue weighted by atomic mass is 16.5. The number of para-hydroxylation sites is 1. The minimum Gasteiger partial charge on any atom is -0.484 e. The van der Waals surface area contributed by atoms with Gasteiger partial charge in [-0.1, -0.05) is 48.5 Å². The van der Waals surface area contributed by atoms with E-state index in [4.69, 9.17) is 9.47 Å². The van der Waals surface area contributed by atoms with Crippen molar-refractivity contribution in [1.82, 2.24) is 9.80 Å². The topological polar surface area (TPSA) is 62.2 Å². The number of hydrogen-bond donors (Lipinski definition) is 1. The number of nitrogens with zero attached hydrogens (tertiary/aromatic N) is 2. The van der Waals surface area contributed by atoms with Crippen LogP contribution in [0.1, 0.15) is 69.9 Å². The molecule has 2 atom stereocenters. The van der Waals surface area contributed by atoms with Crippen molar-refractivity contribution in [3.05, 3.63) is 99.1 Å². The van der Waals surface area contributed by atoms with Crippen LogP contribution in [0.25, 0.3) is 0 Å². The van der Waals surface area contributed by atoms with Gasteiger partial charge in [-0.05, 0) is 84.8 Å². The lowest BCUT2D eigenvalue weighted by Gasteiger charge is -2.33. The predicted octanol–water partition coefficient (Wildman–Crippen LogP) is 5.26. The molecular weight excluding hydrogens is 488 g/mol. The van der Waals surface area contributed by atoms with Gasteiger partial charge in [-0.2, -0.15) is 0 Å². The number of hydrogen-bond acceptors (Lipinski definition) is 6. The van der Waals surface area contributed by atoms with Crippen molar-refractivity contribution in [3.8, 4) is 5.75 Å². The van der Waals surface area contributed by atoms with Gasteiger partial charge < -0.3 is 19.5 Å². The Bertz CT molecular complexity index is 1340. The largest absolute Gasteiger partial charge is 0.484 e. The second-order valence-corrected chi connectivity index (χ2v) is 11.0. The zero-order chi connectivity index (χ0) is 27.5. The van der Waals surface area contributed by atoms with Crippen molar-refractivity contribution in [3.63, 3.8) is 0 Å². The number of likely N-dealkylation sites (N-methyl/N-ethyl adjacent to an activating group) is 1. The summed E-state index contributed by atoms with van der Waals surface area (Å²) in [4.78, 5) is 17.3. The number of rotatable bonds is 6. The Morgan fingerprint density at radius 2 is 1.79 bits per heavy atom. The Hall–Kier alpha value is -3.19. The van der Waals surface area contributed by atoms with Gasteiger partial charge in [0.15, 0.2) is 0 Å². The van der Waals surface area contributed by atoms with Crippen molar-refractivity contribution in [1.29, 1.82) is 0 Å². The van der Waals surface area contributed by atoms with Crippen LogP contribution in [-0.4, -0.2) is 54.4 Å². The van der Waals surface area contributed by atoms with Gasteiger partial charge in [0.2, 0.25) is 0 Å². The molecule has 0 amide bonds. The minimum absolute atomic E-state index is 0.0780. The van der Waals surface area contributed by atoms with E-state index < -0.39 is 0 Å². The number of carbonyl (C=O) groups excluding carboxylic acids is 1. The van der Waals surface area contributed by atoms with Gasteiger partial charge in [0, 0.05) is 32.1 Å². The van der Waals surface area contributed by atoms with Gasteiger partial charge in [-0.3, -0.25) is 9.69 Å². The smallest absolute Gasteiger partial charge is 0.306 e. The molecule has 5 rings (SSSR count). The van der Waals surface area contributed by atoms with Crippen LogP contribution >= 0.6 is 0 Å². The summed E-state index contributed by atoms with van der Waals surface area (Å²) in [6.07, 6.45) is 0.929. The highest BCUT2D eigenvalue weighted by molar-refractivity contribution is 5.71. The zero-order valence-corrected chi connectivity index (χ0v) is 23.6. The second kappa shape index (κ2) is 11.9. The normalized spacial score (nSPS) is 19.6. The third-order valence-electron chi connectivity index (χ3n) is 8.17. The summed E-state index contributed by atoms with van der Waals surface area (Å²) >= 11 is 0. The first-order valence-electron chi connectivity index (χ1n) is 14.0. The fourth-order valence-corrected chi connectivity index (χ4v) is 5.93. The molecule has 0 aliphatic carbocycles. The maximum atomic E-state index is 12.9. The van der Waals surface area contributed by atoms with E-state index >= 15 is 0 Å². The summed E-state index contributed by atoms with van der Waals surface area (Å²) in [6, 6.07) is 19.1. The number of aryl methyl sites for hydroxylation is 2. The third-order valence-corrected chi connectivity index (χ3v) is 8.17. The molecule has 6 nitrogen and oxygen atoms in total. The molecule has 0 saturated heterocycles. The summed E-state index contributed by atoms with van der Waals surface area (Å²) < 4.78 is 12.2. The summed E-state index contributed by atoms with van der Waals surface area (Å²) in [5.74, 6) is 0.522. The summed E-state index contributed by atoms with van der Waals surface area (Å²) in [7, 11) is 2.16. The lowest BCUT2D eigenvalue weighted by atomic mass is 9.82. The summed E-state index contributed by atoms with van der Waals surface area (Å²) in [5.41, 5.74) is 9.34. The predicted molar refractivity (Wildman–Crippen MR) is 153 cm³/mol. The molecule has 2 heterocycles. The first kappa shape index (κ1) is 27.4. The molecule has 0 radical (unpaired) electrons. The maximum Gasteiger partial charge on any atom is 0.306 e. The molecule has 6 heteroatoms. The van der Waals surface area contributed by atoms with Crippen LogP contribution in [0, 0.1) is 13.8 Å². The third kappa shape index (κ3) is 6.03. The number of esters is 1. The summed E-state index contributed by atoms with van der Waals surface area (Å²) in [6.45, 7) is 9.26. The van der Waals surface area contributed by atoms with Crippen LogP contribution in [0.5, 0.6) is 5.75 Å².